The highest BCUT2D eigenvalue weighted by molar-refractivity contribution is 9.10. The third-order valence-electron chi connectivity index (χ3n) is 3.81. The molecule has 0 bridgehead atoms. The Morgan fingerprint density at radius 3 is 2.81 bits per heavy atom. The van der Waals surface area contributed by atoms with Crippen molar-refractivity contribution >= 4 is 27.5 Å². The van der Waals surface area contributed by atoms with Gasteiger partial charge in [0.15, 0.2) is 0 Å². The average molecular weight is 368 g/mol. The summed E-state index contributed by atoms with van der Waals surface area (Å²) >= 11 is 10.2. The monoisotopic (exact) mass is 366 g/mol. The number of aryl methyl sites for hydroxylation is 1. The fourth-order valence-corrected chi connectivity index (χ4v) is 3.31. The molecule has 0 saturated carbocycles. The van der Waals surface area contributed by atoms with Gasteiger partial charge in [-0.3, -0.25) is 0 Å². The molecule has 110 valence electrons. The Hall–Kier alpha value is -1.19. The first-order valence-electron chi connectivity index (χ1n) is 6.83. The van der Waals surface area contributed by atoms with Gasteiger partial charge in [-0.1, -0.05) is 34.1 Å². The Bertz CT molecular complexity index is 647. The summed E-state index contributed by atoms with van der Waals surface area (Å²) in [5.41, 5.74) is 3.28. The minimum Gasteiger partial charge on any atom is -0.496 e. The van der Waals surface area contributed by atoms with E-state index < -0.39 is 0 Å². The third kappa shape index (κ3) is 2.77. The van der Waals surface area contributed by atoms with Crippen LogP contribution in [0, 0.1) is 6.92 Å². The zero-order valence-electron chi connectivity index (χ0n) is 11.9. The number of halogens is 2. The normalized spacial score (nSPS) is 18.0. The predicted octanol–water partition coefficient (Wildman–Crippen LogP) is 5.05. The van der Waals surface area contributed by atoms with E-state index in [0.717, 1.165) is 33.5 Å². The summed E-state index contributed by atoms with van der Waals surface area (Å²) in [6.07, 6.45) is 0.742. The molecule has 1 aliphatic heterocycles. The molecule has 21 heavy (non-hydrogen) atoms. The molecular formula is C17H16BrClO2. The van der Waals surface area contributed by atoms with Crippen molar-refractivity contribution in [2.45, 2.75) is 24.8 Å². The first-order chi connectivity index (χ1) is 10.1. The van der Waals surface area contributed by atoms with Gasteiger partial charge in [-0.15, -0.1) is 11.6 Å². The average Bonchev–Trinajstić information content (AvgIpc) is 2.92. The van der Waals surface area contributed by atoms with E-state index in [1.54, 1.807) is 7.11 Å². The fraction of sp³-hybridized carbons (Fsp3) is 0.294. The summed E-state index contributed by atoms with van der Waals surface area (Å²) in [7, 11) is 1.67. The number of fused-ring (bicyclic) bond motifs is 1. The second-order valence-corrected chi connectivity index (χ2v) is 6.54. The number of methoxy groups -OCH3 is 1. The lowest BCUT2D eigenvalue weighted by molar-refractivity contribution is 0.225. The Balaban J connectivity index is 1.90. The van der Waals surface area contributed by atoms with E-state index >= 15 is 0 Å². The van der Waals surface area contributed by atoms with Crippen molar-refractivity contribution in [1.29, 1.82) is 0 Å². The quantitative estimate of drug-likeness (QED) is 0.707. The molecule has 0 spiro atoms. The van der Waals surface area contributed by atoms with Crippen LogP contribution in [0.1, 0.15) is 22.1 Å². The Labute approximate surface area is 138 Å². The maximum atomic E-state index is 6.69. The number of rotatable bonds is 3. The van der Waals surface area contributed by atoms with E-state index in [1.807, 2.05) is 37.3 Å². The van der Waals surface area contributed by atoms with Crippen LogP contribution in [0.5, 0.6) is 11.5 Å². The summed E-state index contributed by atoms with van der Waals surface area (Å²) in [6.45, 7) is 2.03. The predicted molar refractivity (Wildman–Crippen MR) is 88.6 cm³/mol. The molecule has 2 atom stereocenters. The molecule has 0 aliphatic carbocycles. The highest BCUT2D eigenvalue weighted by atomic mass is 79.9. The van der Waals surface area contributed by atoms with Crippen LogP contribution in [-0.4, -0.2) is 13.2 Å². The highest BCUT2D eigenvalue weighted by Crippen LogP contribution is 2.41. The van der Waals surface area contributed by atoms with E-state index in [9.17, 15) is 0 Å². The molecule has 2 nitrogen and oxygen atoms in total. The van der Waals surface area contributed by atoms with Gasteiger partial charge >= 0.3 is 0 Å². The van der Waals surface area contributed by atoms with E-state index in [1.165, 1.54) is 5.56 Å². The van der Waals surface area contributed by atoms with Gasteiger partial charge in [-0.2, -0.15) is 0 Å². The van der Waals surface area contributed by atoms with E-state index in [2.05, 4.69) is 22.0 Å². The van der Waals surface area contributed by atoms with Crippen LogP contribution in [0.25, 0.3) is 0 Å². The minimum atomic E-state index is -0.260. The first kappa shape index (κ1) is 14.7. The number of alkyl halides is 1. The zero-order chi connectivity index (χ0) is 15.0. The molecule has 0 amide bonds. The Morgan fingerprint density at radius 1 is 1.33 bits per heavy atom. The number of ether oxygens (including phenoxy) is 2. The smallest absolute Gasteiger partial charge is 0.124 e. The van der Waals surface area contributed by atoms with Gasteiger partial charge in [0.2, 0.25) is 0 Å². The van der Waals surface area contributed by atoms with Crippen molar-refractivity contribution in [3.8, 4) is 11.5 Å². The summed E-state index contributed by atoms with van der Waals surface area (Å²) in [4.78, 5) is 0. The molecule has 4 heteroatoms. The van der Waals surface area contributed by atoms with Crippen molar-refractivity contribution in [2.24, 2.45) is 0 Å². The van der Waals surface area contributed by atoms with Gasteiger partial charge < -0.3 is 9.47 Å². The van der Waals surface area contributed by atoms with Crippen molar-refractivity contribution in [1.82, 2.24) is 0 Å². The summed E-state index contributed by atoms with van der Waals surface area (Å²) < 4.78 is 12.5. The van der Waals surface area contributed by atoms with E-state index in [4.69, 9.17) is 21.1 Å². The SMILES string of the molecule is COc1cc(C)c(Br)cc1C(Cl)C1Cc2ccccc2O1. The lowest BCUT2D eigenvalue weighted by atomic mass is 10.0. The standard InChI is InChI=1S/C17H16BrClO2/c1-10-7-15(20-2)12(9-13(10)18)17(19)16-8-11-5-3-4-6-14(11)21-16/h3-7,9,16-17H,8H2,1-2H3. The van der Waals surface area contributed by atoms with Gasteiger partial charge in [0, 0.05) is 16.5 Å². The molecule has 2 aromatic carbocycles. The van der Waals surface area contributed by atoms with Crippen molar-refractivity contribution in [3.63, 3.8) is 0 Å². The maximum absolute atomic E-state index is 6.69. The zero-order valence-corrected chi connectivity index (χ0v) is 14.2. The van der Waals surface area contributed by atoms with Crippen LogP contribution in [0.4, 0.5) is 0 Å². The third-order valence-corrected chi connectivity index (χ3v) is 5.18. The van der Waals surface area contributed by atoms with Gasteiger partial charge in [0.1, 0.15) is 17.6 Å². The number of benzene rings is 2. The molecule has 1 heterocycles. The van der Waals surface area contributed by atoms with Crippen molar-refractivity contribution < 1.29 is 9.47 Å². The topological polar surface area (TPSA) is 18.5 Å². The lowest BCUT2D eigenvalue weighted by Crippen LogP contribution is -2.20. The summed E-state index contributed by atoms with van der Waals surface area (Å²) in [5.74, 6) is 1.73. The molecule has 0 aromatic heterocycles. The van der Waals surface area contributed by atoms with Gasteiger partial charge in [-0.05, 0) is 36.2 Å². The molecule has 0 fully saturated rings. The van der Waals surface area contributed by atoms with Crippen LogP contribution in [0.2, 0.25) is 0 Å². The molecule has 0 radical (unpaired) electrons. The first-order valence-corrected chi connectivity index (χ1v) is 8.05. The van der Waals surface area contributed by atoms with Crippen LogP contribution < -0.4 is 9.47 Å². The van der Waals surface area contributed by atoms with E-state index in [0.29, 0.717) is 0 Å². The summed E-state index contributed by atoms with van der Waals surface area (Å²) in [5, 5.41) is -0.260. The van der Waals surface area contributed by atoms with Crippen molar-refractivity contribution in [2.75, 3.05) is 7.11 Å². The number of hydrogen-bond acceptors (Lipinski definition) is 2. The van der Waals surface area contributed by atoms with Crippen LogP contribution in [0.3, 0.4) is 0 Å². The van der Waals surface area contributed by atoms with Crippen LogP contribution in [-0.2, 0) is 6.42 Å². The second kappa shape index (κ2) is 5.90. The molecule has 2 unspecified atom stereocenters. The van der Waals surface area contributed by atoms with E-state index in [-0.39, 0.29) is 11.5 Å². The van der Waals surface area contributed by atoms with Gasteiger partial charge in [0.05, 0.1) is 12.5 Å². The number of hydrogen-bond donors (Lipinski definition) is 0. The molecule has 0 N–H and O–H groups in total. The second-order valence-electron chi connectivity index (χ2n) is 5.21. The maximum Gasteiger partial charge on any atom is 0.124 e. The minimum absolute atomic E-state index is 0.0763. The fourth-order valence-electron chi connectivity index (χ4n) is 2.64. The van der Waals surface area contributed by atoms with Crippen LogP contribution in [0.15, 0.2) is 40.9 Å². The molecule has 2 aromatic rings. The molecule has 1 aliphatic rings. The molecule has 3 rings (SSSR count). The lowest BCUT2D eigenvalue weighted by Gasteiger charge is -2.20. The molecule has 0 saturated heterocycles. The number of para-hydroxylation sites is 1. The van der Waals surface area contributed by atoms with Crippen molar-refractivity contribution in [3.05, 3.63) is 57.6 Å². The summed E-state index contributed by atoms with van der Waals surface area (Å²) in [6, 6.07) is 12.1. The van der Waals surface area contributed by atoms with Gasteiger partial charge in [-0.25, -0.2) is 0 Å². The van der Waals surface area contributed by atoms with Gasteiger partial charge in [0.25, 0.3) is 0 Å². The Morgan fingerprint density at radius 2 is 2.10 bits per heavy atom. The Kier molecular flexibility index (Phi) is 4.14. The highest BCUT2D eigenvalue weighted by Gasteiger charge is 2.31. The molecular weight excluding hydrogens is 352 g/mol. The van der Waals surface area contributed by atoms with Crippen LogP contribution >= 0.6 is 27.5 Å². The largest absolute Gasteiger partial charge is 0.496 e.